The zero-order valence-corrected chi connectivity index (χ0v) is 16.4. The molecule has 0 aliphatic carbocycles. The zero-order chi connectivity index (χ0) is 19.2. The van der Waals surface area contributed by atoms with Gasteiger partial charge in [0.2, 0.25) is 5.91 Å². The van der Waals surface area contributed by atoms with Crippen LogP contribution < -0.4 is 5.32 Å². The van der Waals surface area contributed by atoms with Crippen LogP contribution in [0.4, 0.5) is 0 Å². The second kappa shape index (κ2) is 9.10. The zero-order valence-electron chi connectivity index (χ0n) is 16.4. The van der Waals surface area contributed by atoms with E-state index in [0.717, 1.165) is 44.2 Å². The van der Waals surface area contributed by atoms with Gasteiger partial charge in [0.05, 0.1) is 12.6 Å². The monoisotopic (exact) mass is 371 g/mol. The third kappa shape index (κ3) is 4.93. The van der Waals surface area contributed by atoms with E-state index in [1.54, 1.807) is 7.11 Å². The Hall–Kier alpha value is -2.25. The molecule has 0 bridgehead atoms. The van der Waals surface area contributed by atoms with Crippen LogP contribution in [0, 0.1) is 6.92 Å². The Kier molecular flexibility index (Phi) is 6.58. The van der Waals surface area contributed by atoms with Crippen molar-refractivity contribution in [2.45, 2.75) is 45.8 Å². The summed E-state index contributed by atoms with van der Waals surface area (Å²) in [5.74, 6) is 1.79. The minimum atomic E-state index is -0.168. The third-order valence-electron chi connectivity index (χ3n) is 5.10. The Morgan fingerprint density at radius 1 is 1.26 bits per heavy atom. The molecule has 1 unspecified atom stereocenters. The smallest absolute Gasteiger partial charge is 0.222 e. The number of rotatable bonds is 7. The van der Waals surface area contributed by atoms with E-state index in [4.69, 9.17) is 4.74 Å². The van der Waals surface area contributed by atoms with Crippen LogP contribution in [0.3, 0.4) is 0 Å². The third-order valence-corrected chi connectivity index (χ3v) is 5.10. The molecule has 1 aliphatic heterocycles. The summed E-state index contributed by atoms with van der Waals surface area (Å²) in [5, 5.41) is 11.7. The Bertz CT molecular complexity index is 773. The van der Waals surface area contributed by atoms with E-state index in [2.05, 4.69) is 56.2 Å². The molecule has 0 fully saturated rings. The van der Waals surface area contributed by atoms with Gasteiger partial charge in [-0.15, -0.1) is 10.2 Å². The summed E-state index contributed by atoms with van der Waals surface area (Å²) in [6.45, 7) is 8.22. The lowest BCUT2D eigenvalue weighted by atomic mass is 10.1. The molecule has 1 aromatic heterocycles. The maximum Gasteiger partial charge on any atom is 0.222 e. The molecule has 7 heteroatoms. The molecule has 1 N–H and O–H groups in total. The van der Waals surface area contributed by atoms with Gasteiger partial charge in [0.15, 0.2) is 5.82 Å². The Morgan fingerprint density at radius 3 is 2.85 bits per heavy atom. The number of hydrogen-bond acceptors (Lipinski definition) is 5. The molecular formula is C20H29N5O2. The highest BCUT2D eigenvalue weighted by Crippen LogP contribution is 2.17. The Morgan fingerprint density at radius 2 is 2.07 bits per heavy atom. The number of hydrogen-bond donors (Lipinski definition) is 1. The van der Waals surface area contributed by atoms with Gasteiger partial charge in [0.25, 0.3) is 0 Å². The molecule has 146 valence electrons. The molecule has 1 aliphatic rings. The van der Waals surface area contributed by atoms with Gasteiger partial charge in [-0.3, -0.25) is 9.69 Å². The molecule has 0 saturated heterocycles. The first kappa shape index (κ1) is 19.5. The molecule has 1 amide bonds. The van der Waals surface area contributed by atoms with E-state index in [0.29, 0.717) is 13.0 Å². The van der Waals surface area contributed by atoms with Crippen LogP contribution in [-0.4, -0.2) is 52.4 Å². The number of aromatic nitrogens is 3. The summed E-state index contributed by atoms with van der Waals surface area (Å²) < 4.78 is 7.13. The van der Waals surface area contributed by atoms with Crippen molar-refractivity contribution in [1.29, 1.82) is 0 Å². The molecule has 0 saturated carbocycles. The van der Waals surface area contributed by atoms with Crippen LogP contribution in [-0.2, 0) is 29.0 Å². The van der Waals surface area contributed by atoms with E-state index < -0.39 is 0 Å². The van der Waals surface area contributed by atoms with Crippen LogP contribution >= 0.6 is 0 Å². The average molecular weight is 371 g/mol. The van der Waals surface area contributed by atoms with Crippen LogP contribution in [0.2, 0.25) is 0 Å². The van der Waals surface area contributed by atoms with Crippen molar-refractivity contribution in [3.8, 4) is 0 Å². The van der Waals surface area contributed by atoms with E-state index in [1.807, 2.05) is 6.92 Å². The summed E-state index contributed by atoms with van der Waals surface area (Å²) in [7, 11) is 1.60. The minimum Gasteiger partial charge on any atom is -0.384 e. The van der Waals surface area contributed by atoms with Gasteiger partial charge < -0.3 is 14.6 Å². The first-order valence-electron chi connectivity index (χ1n) is 9.55. The Balaban J connectivity index is 1.63. The summed E-state index contributed by atoms with van der Waals surface area (Å²) >= 11 is 0. The van der Waals surface area contributed by atoms with Crippen molar-refractivity contribution in [3.63, 3.8) is 0 Å². The number of amides is 1. The van der Waals surface area contributed by atoms with E-state index >= 15 is 0 Å². The SMILES string of the molecule is COCCC(=O)NC(C)c1nnc2n1CCN(Cc1ccccc1C)CC2. The van der Waals surface area contributed by atoms with Gasteiger partial charge in [0.1, 0.15) is 5.82 Å². The second-order valence-corrected chi connectivity index (χ2v) is 7.11. The predicted molar refractivity (Wildman–Crippen MR) is 103 cm³/mol. The van der Waals surface area contributed by atoms with Crippen LogP contribution in [0.25, 0.3) is 0 Å². The molecular weight excluding hydrogens is 342 g/mol. The fourth-order valence-corrected chi connectivity index (χ4v) is 3.47. The van der Waals surface area contributed by atoms with Crippen molar-refractivity contribution in [2.24, 2.45) is 0 Å². The van der Waals surface area contributed by atoms with Gasteiger partial charge in [-0.25, -0.2) is 0 Å². The molecule has 3 rings (SSSR count). The molecule has 0 spiro atoms. The quantitative estimate of drug-likeness (QED) is 0.804. The standard InChI is InChI=1S/C20H29N5O2/c1-15-6-4-5-7-17(15)14-24-10-8-18-22-23-20(25(18)12-11-24)16(2)21-19(26)9-13-27-3/h4-7,16H,8-14H2,1-3H3,(H,21,26). The highest BCUT2D eigenvalue weighted by molar-refractivity contribution is 5.76. The van der Waals surface area contributed by atoms with E-state index in [1.165, 1.54) is 11.1 Å². The molecule has 27 heavy (non-hydrogen) atoms. The fourth-order valence-electron chi connectivity index (χ4n) is 3.47. The van der Waals surface area contributed by atoms with Gasteiger partial charge >= 0.3 is 0 Å². The summed E-state index contributed by atoms with van der Waals surface area (Å²) in [6, 6.07) is 8.37. The van der Waals surface area contributed by atoms with E-state index in [9.17, 15) is 4.79 Å². The number of carbonyl (C=O) groups excluding carboxylic acids is 1. The largest absolute Gasteiger partial charge is 0.384 e. The van der Waals surface area contributed by atoms with Crippen LogP contribution in [0.1, 0.15) is 42.2 Å². The molecule has 2 heterocycles. The number of ether oxygens (including phenoxy) is 1. The topological polar surface area (TPSA) is 72.3 Å². The first-order chi connectivity index (χ1) is 13.1. The molecule has 1 atom stereocenters. The molecule has 0 radical (unpaired) electrons. The van der Waals surface area contributed by atoms with Gasteiger partial charge in [-0.1, -0.05) is 24.3 Å². The number of aryl methyl sites for hydroxylation is 1. The highest BCUT2D eigenvalue weighted by Gasteiger charge is 2.22. The maximum atomic E-state index is 12.0. The lowest BCUT2D eigenvalue weighted by Crippen LogP contribution is -2.30. The summed E-state index contributed by atoms with van der Waals surface area (Å²) in [4.78, 5) is 14.4. The summed E-state index contributed by atoms with van der Waals surface area (Å²) in [6.07, 6.45) is 1.22. The number of carbonyl (C=O) groups is 1. The number of methoxy groups -OCH3 is 1. The van der Waals surface area contributed by atoms with Crippen molar-refractivity contribution >= 4 is 5.91 Å². The number of nitrogens with one attached hydrogen (secondary N) is 1. The van der Waals surface area contributed by atoms with Crippen molar-refractivity contribution in [2.75, 3.05) is 26.8 Å². The Labute approximate surface area is 160 Å². The fraction of sp³-hybridized carbons (Fsp3) is 0.550. The molecule has 2 aromatic rings. The normalized spacial score (nSPS) is 15.8. The molecule has 1 aromatic carbocycles. The van der Waals surface area contributed by atoms with E-state index in [-0.39, 0.29) is 11.9 Å². The first-order valence-corrected chi connectivity index (χ1v) is 9.55. The average Bonchev–Trinajstić information content (AvgIpc) is 2.96. The number of nitrogens with zero attached hydrogens (tertiary/aromatic N) is 4. The van der Waals surface area contributed by atoms with Crippen molar-refractivity contribution in [1.82, 2.24) is 25.0 Å². The van der Waals surface area contributed by atoms with Gasteiger partial charge in [0, 0.05) is 46.1 Å². The lowest BCUT2D eigenvalue weighted by Gasteiger charge is -2.21. The van der Waals surface area contributed by atoms with Gasteiger partial charge in [-0.2, -0.15) is 0 Å². The van der Waals surface area contributed by atoms with Crippen LogP contribution in [0.5, 0.6) is 0 Å². The number of fused-ring (bicyclic) bond motifs is 1. The highest BCUT2D eigenvalue weighted by atomic mass is 16.5. The second-order valence-electron chi connectivity index (χ2n) is 7.11. The predicted octanol–water partition coefficient (Wildman–Crippen LogP) is 1.86. The van der Waals surface area contributed by atoms with Crippen molar-refractivity contribution in [3.05, 3.63) is 47.0 Å². The molecule has 7 nitrogen and oxygen atoms in total. The number of benzene rings is 1. The van der Waals surface area contributed by atoms with Crippen LogP contribution in [0.15, 0.2) is 24.3 Å². The summed E-state index contributed by atoms with van der Waals surface area (Å²) in [5.41, 5.74) is 2.70. The lowest BCUT2D eigenvalue weighted by molar-refractivity contribution is -0.122. The van der Waals surface area contributed by atoms with Crippen molar-refractivity contribution < 1.29 is 9.53 Å². The minimum absolute atomic E-state index is 0.0310. The maximum absolute atomic E-state index is 12.0. The van der Waals surface area contributed by atoms with Gasteiger partial charge in [-0.05, 0) is 25.0 Å².